The summed E-state index contributed by atoms with van der Waals surface area (Å²) in [5, 5.41) is 3.66. The van der Waals surface area contributed by atoms with Crippen LogP contribution in [0.3, 0.4) is 0 Å². The maximum atomic E-state index is 3.66. The second kappa shape index (κ2) is 6.53. The molecule has 1 aromatic carbocycles. The zero-order chi connectivity index (χ0) is 13.8. The molecule has 1 aliphatic rings. The molecule has 0 saturated carbocycles. The quantitative estimate of drug-likeness (QED) is 0.872. The monoisotopic (exact) mass is 260 g/mol. The summed E-state index contributed by atoms with van der Waals surface area (Å²) >= 11 is 0. The Morgan fingerprint density at radius 2 is 1.79 bits per heavy atom. The molecule has 1 fully saturated rings. The summed E-state index contributed by atoms with van der Waals surface area (Å²) in [4.78, 5) is 2.62. The number of rotatable bonds is 5. The Bertz CT molecular complexity index is 374. The van der Waals surface area contributed by atoms with Gasteiger partial charge in [0.05, 0.1) is 0 Å². The highest BCUT2D eigenvalue weighted by atomic mass is 15.2. The SMILES string of the molecule is CC(C)NC(C)[C@@H]1CCN([C@@H](C)c2ccccc2)C1. The number of benzene rings is 1. The van der Waals surface area contributed by atoms with E-state index >= 15 is 0 Å². The van der Waals surface area contributed by atoms with Gasteiger partial charge >= 0.3 is 0 Å². The Labute approximate surface area is 118 Å². The van der Waals surface area contributed by atoms with Gasteiger partial charge in [0.1, 0.15) is 0 Å². The summed E-state index contributed by atoms with van der Waals surface area (Å²) in [5.74, 6) is 0.786. The van der Waals surface area contributed by atoms with E-state index in [1.54, 1.807) is 0 Å². The molecule has 2 rings (SSSR count). The van der Waals surface area contributed by atoms with Crippen LogP contribution in [0.25, 0.3) is 0 Å². The number of hydrogen-bond acceptors (Lipinski definition) is 2. The van der Waals surface area contributed by atoms with Crippen LogP contribution in [-0.4, -0.2) is 30.1 Å². The first-order chi connectivity index (χ1) is 9.08. The first kappa shape index (κ1) is 14.5. The van der Waals surface area contributed by atoms with Crippen LogP contribution in [0.15, 0.2) is 30.3 Å². The normalized spacial score (nSPS) is 23.7. The van der Waals surface area contributed by atoms with Gasteiger partial charge in [0.25, 0.3) is 0 Å². The third kappa shape index (κ3) is 3.80. The molecule has 3 atom stereocenters. The number of nitrogens with one attached hydrogen (secondary N) is 1. The van der Waals surface area contributed by atoms with E-state index in [1.165, 1.54) is 25.1 Å². The van der Waals surface area contributed by atoms with Crippen LogP contribution in [0.5, 0.6) is 0 Å². The fraction of sp³-hybridized carbons (Fsp3) is 0.647. The lowest BCUT2D eigenvalue weighted by atomic mass is 10.00. The Morgan fingerprint density at radius 1 is 1.11 bits per heavy atom. The summed E-state index contributed by atoms with van der Waals surface area (Å²) in [6.45, 7) is 11.6. The van der Waals surface area contributed by atoms with Crippen molar-refractivity contribution in [2.24, 2.45) is 5.92 Å². The second-order valence-corrected chi connectivity index (χ2v) is 6.24. The van der Waals surface area contributed by atoms with Crippen LogP contribution in [0.2, 0.25) is 0 Å². The molecule has 2 heteroatoms. The van der Waals surface area contributed by atoms with Crippen LogP contribution >= 0.6 is 0 Å². The summed E-state index contributed by atoms with van der Waals surface area (Å²) < 4.78 is 0. The fourth-order valence-electron chi connectivity index (χ4n) is 3.18. The molecule has 1 unspecified atom stereocenters. The second-order valence-electron chi connectivity index (χ2n) is 6.24. The molecular formula is C17H28N2. The molecule has 0 amide bonds. The van der Waals surface area contributed by atoms with Gasteiger partial charge < -0.3 is 5.32 Å². The van der Waals surface area contributed by atoms with Crippen LogP contribution < -0.4 is 5.32 Å². The smallest absolute Gasteiger partial charge is 0.0320 e. The minimum atomic E-state index is 0.539. The molecular weight excluding hydrogens is 232 g/mol. The Morgan fingerprint density at radius 3 is 2.42 bits per heavy atom. The van der Waals surface area contributed by atoms with Gasteiger partial charge in [-0.05, 0) is 38.3 Å². The molecule has 0 aromatic heterocycles. The van der Waals surface area contributed by atoms with E-state index < -0.39 is 0 Å². The number of nitrogens with zero attached hydrogens (tertiary/aromatic N) is 1. The van der Waals surface area contributed by atoms with E-state index in [0.29, 0.717) is 18.1 Å². The summed E-state index contributed by atoms with van der Waals surface area (Å²) in [6.07, 6.45) is 1.32. The molecule has 0 radical (unpaired) electrons. The minimum Gasteiger partial charge on any atom is -0.312 e. The van der Waals surface area contributed by atoms with Gasteiger partial charge in [-0.2, -0.15) is 0 Å². The topological polar surface area (TPSA) is 15.3 Å². The molecule has 1 heterocycles. The number of likely N-dealkylation sites (tertiary alicyclic amines) is 1. The third-order valence-corrected chi connectivity index (χ3v) is 4.39. The first-order valence-electron chi connectivity index (χ1n) is 7.63. The van der Waals surface area contributed by atoms with Gasteiger partial charge in [0.2, 0.25) is 0 Å². The zero-order valence-electron chi connectivity index (χ0n) is 12.8. The Kier molecular flexibility index (Phi) is 5.00. The molecule has 0 aliphatic carbocycles. The third-order valence-electron chi connectivity index (χ3n) is 4.39. The standard InChI is InChI=1S/C17H28N2/c1-13(2)18-14(3)17-10-11-19(12-17)15(4)16-8-6-5-7-9-16/h5-9,13-15,17-18H,10-12H2,1-4H3/t14?,15-,17+/m0/s1. The molecule has 1 aromatic rings. The van der Waals surface area contributed by atoms with Crippen molar-refractivity contribution in [2.75, 3.05) is 13.1 Å². The first-order valence-corrected chi connectivity index (χ1v) is 7.63. The van der Waals surface area contributed by atoms with E-state index in [-0.39, 0.29) is 0 Å². The van der Waals surface area contributed by atoms with E-state index in [9.17, 15) is 0 Å². The fourth-order valence-corrected chi connectivity index (χ4v) is 3.18. The predicted molar refractivity (Wildman–Crippen MR) is 82.3 cm³/mol. The maximum absolute atomic E-state index is 3.66. The van der Waals surface area contributed by atoms with E-state index in [0.717, 1.165) is 5.92 Å². The molecule has 0 bridgehead atoms. The highest BCUT2D eigenvalue weighted by Crippen LogP contribution is 2.28. The van der Waals surface area contributed by atoms with E-state index in [1.807, 2.05) is 0 Å². The van der Waals surface area contributed by atoms with Gasteiger partial charge in [0.15, 0.2) is 0 Å². The van der Waals surface area contributed by atoms with Crippen LogP contribution in [0.1, 0.15) is 45.7 Å². The van der Waals surface area contributed by atoms with Crippen LogP contribution in [0, 0.1) is 5.92 Å². The van der Waals surface area contributed by atoms with Gasteiger partial charge in [-0.1, -0.05) is 44.2 Å². The highest BCUT2D eigenvalue weighted by Gasteiger charge is 2.30. The molecule has 106 valence electrons. The van der Waals surface area contributed by atoms with Crippen molar-refractivity contribution < 1.29 is 0 Å². The van der Waals surface area contributed by atoms with Crippen LogP contribution in [0.4, 0.5) is 0 Å². The van der Waals surface area contributed by atoms with Crippen molar-refractivity contribution in [1.82, 2.24) is 10.2 Å². The summed E-state index contributed by atoms with van der Waals surface area (Å²) in [5.41, 5.74) is 1.44. The summed E-state index contributed by atoms with van der Waals surface area (Å²) in [6, 6.07) is 12.6. The van der Waals surface area contributed by atoms with Crippen molar-refractivity contribution in [3.8, 4) is 0 Å². The van der Waals surface area contributed by atoms with Crippen molar-refractivity contribution >= 4 is 0 Å². The molecule has 1 saturated heterocycles. The lowest BCUT2D eigenvalue weighted by Crippen LogP contribution is -2.39. The average Bonchev–Trinajstić information content (AvgIpc) is 2.88. The van der Waals surface area contributed by atoms with Crippen molar-refractivity contribution in [3.63, 3.8) is 0 Å². The molecule has 0 spiro atoms. The van der Waals surface area contributed by atoms with Crippen molar-refractivity contribution in [1.29, 1.82) is 0 Å². The number of hydrogen-bond donors (Lipinski definition) is 1. The summed E-state index contributed by atoms with van der Waals surface area (Å²) in [7, 11) is 0. The molecule has 1 N–H and O–H groups in total. The van der Waals surface area contributed by atoms with Gasteiger partial charge in [-0.25, -0.2) is 0 Å². The van der Waals surface area contributed by atoms with Crippen LogP contribution in [-0.2, 0) is 0 Å². The average molecular weight is 260 g/mol. The van der Waals surface area contributed by atoms with E-state index in [2.05, 4.69) is 68.2 Å². The molecule has 2 nitrogen and oxygen atoms in total. The Balaban J connectivity index is 1.91. The van der Waals surface area contributed by atoms with E-state index in [4.69, 9.17) is 0 Å². The van der Waals surface area contributed by atoms with Gasteiger partial charge in [-0.15, -0.1) is 0 Å². The largest absolute Gasteiger partial charge is 0.312 e. The van der Waals surface area contributed by atoms with Gasteiger partial charge in [0, 0.05) is 24.7 Å². The molecule has 19 heavy (non-hydrogen) atoms. The lowest BCUT2D eigenvalue weighted by molar-refractivity contribution is 0.241. The van der Waals surface area contributed by atoms with Gasteiger partial charge in [-0.3, -0.25) is 4.90 Å². The zero-order valence-corrected chi connectivity index (χ0v) is 12.8. The maximum Gasteiger partial charge on any atom is 0.0320 e. The predicted octanol–water partition coefficient (Wildman–Crippen LogP) is 3.46. The van der Waals surface area contributed by atoms with Crippen molar-refractivity contribution in [3.05, 3.63) is 35.9 Å². The minimum absolute atomic E-state index is 0.539. The highest BCUT2D eigenvalue weighted by molar-refractivity contribution is 5.18. The Hall–Kier alpha value is -0.860. The lowest BCUT2D eigenvalue weighted by Gasteiger charge is -2.27. The van der Waals surface area contributed by atoms with Crippen molar-refractivity contribution in [2.45, 2.75) is 52.2 Å². The molecule has 1 aliphatic heterocycles.